The predicted molar refractivity (Wildman–Crippen MR) is 88.1 cm³/mol. The molecular formula is C17H25N5O. The van der Waals surface area contributed by atoms with Crippen LogP contribution in [0, 0.1) is 5.92 Å². The van der Waals surface area contributed by atoms with Crippen molar-refractivity contribution >= 4 is 11.9 Å². The normalized spacial score (nSPS) is 24.0. The lowest BCUT2D eigenvalue weighted by molar-refractivity contribution is -0.143. The summed E-state index contributed by atoms with van der Waals surface area (Å²) in [6.45, 7) is 5.87. The highest BCUT2D eigenvalue weighted by atomic mass is 16.2. The van der Waals surface area contributed by atoms with Gasteiger partial charge in [-0.05, 0) is 18.9 Å². The van der Waals surface area contributed by atoms with Gasteiger partial charge in [0, 0.05) is 63.6 Å². The van der Waals surface area contributed by atoms with Gasteiger partial charge in [-0.3, -0.25) is 9.69 Å². The SMILES string of the molecule is O=C(C1CCCC1)N1CC(N2CCN(c3ncccn3)CC2)C1. The van der Waals surface area contributed by atoms with Crippen molar-refractivity contribution in [1.29, 1.82) is 0 Å². The Morgan fingerprint density at radius 2 is 1.65 bits per heavy atom. The molecule has 3 aliphatic rings. The Morgan fingerprint density at radius 3 is 2.30 bits per heavy atom. The number of amides is 1. The smallest absolute Gasteiger partial charge is 0.225 e. The fourth-order valence-corrected chi connectivity index (χ4v) is 4.04. The van der Waals surface area contributed by atoms with E-state index < -0.39 is 0 Å². The summed E-state index contributed by atoms with van der Waals surface area (Å²) in [5, 5.41) is 0. The van der Waals surface area contributed by atoms with Crippen LogP contribution in [0.4, 0.5) is 5.95 Å². The van der Waals surface area contributed by atoms with Crippen molar-refractivity contribution < 1.29 is 4.79 Å². The van der Waals surface area contributed by atoms with Crippen LogP contribution in [0.5, 0.6) is 0 Å². The van der Waals surface area contributed by atoms with Crippen LogP contribution in [-0.4, -0.2) is 71.0 Å². The fourth-order valence-electron chi connectivity index (χ4n) is 4.04. The van der Waals surface area contributed by atoms with Crippen molar-refractivity contribution in [2.45, 2.75) is 31.7 Å². The summed E-state index contributed by atoms with van der Waals surface area (Å²) >= 11 is 0. The molecule has 0 unspecified atom stereocenters. The Labute approximate surface area is 137 Å². The molecule has 0 bridgehead atoms. The average Bonchev–Trinajstić information content (AvgIpc) is 3.09. The van der Waals surface area contributed by atoms with Gasteiger partial charge in [0.25, 0.3) is 0 Å². The van der Waals surface area contributed by atoms with Crippen molar-refractivity contribution in [2.75, 3.05) is 44.2 Å². The largest absolute Gasteiger partial charge is 0.339 e. The highest BCUT2D eigenvalue weighted by Crippen LogP contribution is 2.29. The molecule has 0 spiro atoms. The summed E-state index contributed by atoms with van der Waals surface area (Å²) in [6.07, 6.45) is 8.28. The number of hydrogen-bond donors (Lipinski definition) is 0. The second-order valence-electron chi connectivity index (χ2n) is 6.95. The Balaban J connectivity index is 1.24. The lowest BCUT2D eigenvalue weighted by Crippen LogP contribution is -2.65. The molecule has 6 nitrogen and oxygen atoms in total. The molecule has 1 saturated carbocycles. The summed E-state index contributed by atoms with van der Waals surface area (Å²) in [6, 6.07) is 2.41. The molecule has 1 aromatic heterocycles. The molecule has 2 saturated heterocycles. The van der Waals surface area contributed by atoms with Crippen molar-refractivity contribution in [3.05, 3.63) is 18.5 Å². The van der Waals surface area contributed by atoms with Crippen molar-refractivity contribution in [1.82, 2.24) is 19.8 Å². The lowest BCUT2D eigenvalue weighted by atomic mass is 10.0. The molecule has 0 aromatic carbocycles. The maximum atomic E-state index is 12.4. The van der Waals surface area contributed by atoms with Crippen LogP contribution in [0.25, 0.3) is 0 Å². The zero-order chi connectivity index (χ0) is 15.6. The van der Waals surface area contributed by atoms with E-state index in [1.54, 1.807) is 12.4 Å². The molecule has 0 atom stereocenters. The highest BCUT2D eigenvalue weighted by molar-refractivity contribution is 5.80. The first-order valence-electron chi connectivity index (χ1n) is 8.86. The van der Waals surface area contributed by atoms with Crippen molar-refractivity contribution in [3.8, 4) is 0 Å². The number of nitrogens with zero attached hydrogens (tertiary/aromatic N) is 5. The van der Waals surface area contributed by atoms with Crippen LogP contribution in [0.1, 0.15) is 25.7 Å². The second kappa shape index (κ2) is 6.43. The fraction of sp³-hybridized carbons (Fsp3) is 0.706. The third-order valence-electron chi connectivity index (χ3n) is 5.54. The highest BCUT2D eigenvalue weighted by Gasteiger charge is 2.38. The molecule has 3 heterocycles. The van der Waals surface area contributed by atoms with Gasteiger partial charge in [-0.2, -0.15) is 0 Å². The van der Waals surface area contributed by atoms with Gasteiger partial charge in [0.2, 0.25) is 11.9 Å². The monoisotopic (exact) mass is 315 g/mol. The maximum absolute atomic E-state index is 12.4. The van der Waals surface area contributed by atoms with Gasteiger partial charge in [0.1, 0.15) is 0 Å². The molecule has 3 fully saturated rings. The minimum absolute atomic E-state index is 0.322. The van der Waals surface area contributed by atoms with Crippen molar-refractivity contribution in [3.63, 3.8) is 0 Å². The minimum Gasteiger partial charge on any atom is -0.339 e. The quantitative estimate of drug-likeness (QED) is 0.833. The Hall–Kier alpha value is -1.69. The third-order valence-corrected chi connectivity index (χ3v) is 5.54. The Morgan fingerprint density at radius 1 is 1.00 bits per heavy atom. The number of anilines is 1. The van der Waals surface area contributed by atoms with Crippen LogP contribution in [0.3, 0.4) is 0 Å². The van der Waals surface area contributed by atoms with E-state index in [2.05, 4.69) is 24.7 Å². The van der Waals surface area contributed by atoms with E-state index in [0.717, 1.165) is 58.1 Å². The van der Waals surface area contributed by atoms with E-state index in [1.807, 2.05) is 6.07 Å². The first-order valence-corrected chi connectivity index (χ1v) is 8.86. The molecule has 1 aliphatic carbocycles. The number of carbonyl (C=O) groups excluding carboxylic acids is 1. The molecule has 2 aliphatic heterocycles. The molecule has 4 rings (SSSR count). The Kier molecular flexibility index (Phi) is 4.16. The van der Waals surface area contributed by atoms with E-state index in [4.69, 9.17) is 0 Å². The predicted octanol–water partition coefficient (Wildman–Crippen LogP) is 1.000. The van der Waals surface area contributed by atoms with E-state index in [0.29, 0.717) is 17.9 Å². The standard InChI is InChI=1S/C17H25N5O/c23-16(14-4-1-2-5-14)22-12-15(13-22)20-8-10-21(11-9-20)17-18-6-3-7-19-17/h3,6-7,14-15H,1-2,4-5,8-13H2. The van der Waals surface area contributed by atoms with Gasteiger partial charge in [-0.1, -0.05) is 12.8 Å². The molecule has 1 amide bonds. The van der Waals surface area contributed by atoms with Crippen LogP contribution in [0.2, 0.25) is 0 Å². The van der Waals surface area contributed by atoms with Gasteiger partial charge < -0.3 is 9.80 Å². The minimum atomic E-state index is 0.322. The van der Waals surface area contributed by atoms with E-state index in [-0.39, 0.29) is 0 Å². The molecule has 23 heavy (non-hydrogen) atoms. The molecule has 1 aromatic rings. The van der Waals surface area contributed by atoms with E-state index >= 15 is 0 Å². The summed E-state index contributed by atoms with van der Waals surface area (Å²) < 4.78 is 0. The van der Waals surface area contributed by atoms with Crippen LogP contribution in [0.15, 0.2) is 18.5 Å². The van der Waals surface area contributed by atoms with Gasteiger partial charge in [0.05, 0.1) is 0 Å². The van der Waals surface area contributed by atoms with Crippen LogP contribution >= 0.6 is 0 Å². The zero-order valence-corrected chi connectivity index (χ0v) is 13.6. The Bertz CT molecular complexity index is 531. The summed E-state index contributed by atoms with van der Waals surface area (Å²) in [4.78, 5) is 27.9. The van der Waals surface area contributed by atoms with Crippen molar-refractivity contribution in [2.24, 2.45) is 5.92 Å². The van der Waals surface area contributed by atoms with Crippen LogP contribution in [-0.2, 0) is 4.79 Å². The van der Waals surface area contributed by atoms with E-state index in [1.165, 1.54) is 12.8 Å². The number of hydrogen-bond acceptors (Lipinski definition) is 5. The third kappa shape index (κ3) is 3.04. The lowest BCUT2D eigenvalue weighted by Gasteiger charge is -2.48. The topological polar surface area (TPSA) is 52.6 Å². The molecule has 124 valence electrons. The van der Waals surface area contributed by atoms with Gasteiger partial charge in [0.15, 0.2) is 0 Å². The average molecular weight is 315 g/mol. The first-order chi connectivity index (χ1) is 11.3. The molecular weight excluding hydrogens is 290 g/mol. The van der Waals surface area contributed by atoms with Gasteiger partial charge in [-0.25, -0.2) is 9.97 Å². The number of rotatable bonds is 3. The van der Waals surface area contributed by atoms with Gasteiger partial charge >= 0.3 is 0 Å². The number of carbonyl (C=O) groups is 1. The maximum Gasteiger partial charge on any atom is 0.225 e. The number of likely N-dealkylation sites (tertiary alicyclic amines) is 1. The molecule has 0 radical (unpaired) electrons. The summed E-state index contributed by atoms with van der Waals surface area (Å²) in [7, 11) is 0. The molecule has 0 N–H and O–H groups in total. The van der Waals surface area contributed by atoms with Gasteiger partial charge in [-0.15, -0.1) is 0 Å². The first kappa shape index (κ1) is 14.9. The summed E-state index contributed by atoms with van der Waals surface area (Å²) in [5.74, 6) is 1.57. The number of piperazine rings is 1. The number of aromatic nitrogens is 2. The van der Waals surface area contributed by atoms with Crippen LogP contribution < -0.4 is 4.90 Å². The molecule has 6 heteroatoms. The van der Waals surface area contributed by atoms with E-state index in [9.17, 15) is 4.79 Å². The summed E-state index contributed by atoms with van der Waals surface area (Å²) in [5.41, 5.74) is 0. The zero-order valence-electron chi connectivity index (χ0n) is 13.6. The second-order valence-corrected chi connectivity index (χ2v) is 6.95.